The number of nitrogens with one attached hydrogen (secondary N) is 1. The molecule has 1 atom stereocenters. The van der Waals surface area contributed by atoms with Crippen LogP contribution in [0.25, 0.3) is 0 Å². The SMILES string of the molecule is O=C(CCN1C(=O)NC2(CCCC2)C1=O)N(Cc1cccnc1)CC1CCCO1. The lowest BCUT2D eigenvalue weighted by Gasteiger charge is -2.26. The Kier molecular flexibility index (Phi) is 5.80. The molecule has 1 saturated carbocycles. The number of carbonyl (C=O) groups excluding carboxylic acids is 3. The molecule has 8 heteroatoms. The number of hydrogen-bond donors (Lipinski definition) is 1. The molecule has 2 aliphatic heterocycles. The van der Waals surface area contributed by atoms with Gasteiger partial charge in [0.2, 0.25) is 5.91 Å². The van der Waals surface area contributed by atoms with Crippen molar-refractivity contribution in [1.29, 1.82) is 0 Å². The van der Waals surface area contributed by atoms with E-state index in [1.807, 2.05) is 12.1 Å². The van der Waals surface area contributed by atoms with E-state index >= 15 is 0 Å². The Labute approximate surface area is 170 Å². The number of pyridine rings is 1. The van der Waals surface area contributed by atoms with E-state index in [0.29, 0.717) is 25.9 Å². The van der Waals surface area contributed by atoms with Gasteiger partial charge in [0, 0.05) is 45.1 Å². The molecule has 3 heterocycles. The molecule has 2 saturated heterocycles. The van der Waals surface area contributed by atoms with Gasteiger partial charge in [-0.2, -0.15) is 0 Å². The number of ether oxygens (including phenoxy) is 1. The zero-order valence-electron chi connectivity index (χ0n) is 16.6. The Morgan fingerprint density at radius 3 is 2.83 bits per heavy atom. The Bertz CT molecular complexity index is 757. The Hall–Kier alpha value is -2.48. The molecule has 8 nitrogen and oxygen atoms in total. The summed E-state index contributed by atoms with van der Waals surface area (Å²) in [6.45, 7) is 1.79. The first-order valence-corrected chi connectivity index (χ1v) is 10.5. The lowest BCUT2D eigenvalue weighted by molar-refractivity contribution is -0.135. The zero-order valence-corrected chi connectivity index (χ0v) is 16.6. The molecule has 3 aliphatic rings. The molecule has 4 amide bonds. The van der Waals surface area contributed by atoms with Gasteiger partial charge in [0.1, 0.15) is 5.54 Å². The maximum Gasteiger partial charge on any atom is 0.325 e. The fourth-order valence-electron chi connectivity index (χ4n) is 4.56. The fraction of sp³-hybridized carbons (Fsp3) is 0.619. The van der Waals surface area contributed by atoms with Crippen LogP contribution < -0.4 is 5.32 Å². The lowest BCUT2D eigenvalue weighted by Crippen LogP contribution is -2.44. The fourth-order valence-corrected chi connectivity index (χ4v) is 4.56. The largest absolute Gasteiger partial charge is 0.376 e. The number of rotatable bonds is 7. The van der Waals surface area contributed by atoms with Crippen molar-refractivity contribution in [1.82, 2.24) is 20.1 Å². The number of amides is 4. The predicted octanol–water partition coefficient (Wildman–Crippen LogP) is 1.84. The zero-order chi connectivity index (χ0) is 20.3. The van der Waals surface area contributed by atoms with E-state index in [9.17, 15) is 14.4 Å². The van der Waals surface area contributed by atoms with Crippen molar-refractivity contribution in [3.8, 4) is 0 Å². The summed E-state index contributed by atoms with van der Waals surface area (Å²) < 4.78 is 5.71. The normalized spacial score (nSPS) is 23.0. The number of nitrogens with zero attached hydrogens (tertiary/aromatic N) is 3. The quantitative estimate of drug-likeness (QED) is 0.705. The molecular formula is C21H28N4O4. The van der Waals surface area contributed by atoms with Crippen LogP contribution in [0.4, 0.5) is 4.79 Å². The highest BCUT2D eigenvalue weighted by Crippen LogP contribution is 2.35. The van der Waals surface area contributed by atoms with Gasteiger partial charge in [-0.1, -0.05) is 18.9 Å². The van der Waals surface area contributed by atoms with Gasteiger partial charge in [0.15, 0.2) is 0 Å². The average Bonchev–Trinajstić information content (AvgIpc) is 3.45. The van der Waals surface area contributed by atoms with Crippen LogP contribution in [0.2, 0.25) is 0 Å². The van der Waals surface area contributed by atoms with Crippen LogP contribution in [0.3, 0.4) is 0 Å². The van der Waals surface area contributed by atoms with Crippen molar-refractivity contribution in [2.45, 2.75) is 63.1 Å². The second-order valence-electron chi connectivity index (χ2n) is 8.20. The molecule has 4 rings (SSSR count). The first kappa shape index (κ1) is 19.8. The van der Waals surface area contributed by atoms with E-state index in [0.717, 1.165) is 37.9 Å². The summed E-state index contributed by atoms with van der Waals surface area (Å²) in [5, 5.41) is 2.86. The first-order valence-electron chi connectivity index (χ1n) is 10.5. The van der Waals surface area contributed by atoms with Crippen LogP contribution in [0.5, 0.6) is 0 Å². The molecule has 1 spiro atoms. The van der Waals surface area contributed by atoms with Crippen LogP contribution in [-0.2, 0) is 20.9 Å². The summed E-state index contributed by atoms with van der Waals surface area (Å²) >= 11 is 0. The van der Waals surface area contributed by atoms with E-state index in [-0.39, 0.29) is 36.9 Å². The predicted molar refractivity (Wildman–Crippen MR) is 105 cm³/mol. The van der Waals surface area contributed by atoms with Crippen molar-refractivity contribution in [3.63, 3.8) is 0 Å². The Balaban J connectivity index is 1.39. The average molecular weight is 400 g/mol. The van der Waals surface area contributed by atoms with E-state index < -0.39 is 5.54 Å². The highest BCUT2D eigenvalue weighted by atomic mass is 16.5. The number of urea groups is 1. The standard InChI is InChI=1S/C21H28N4O4/c26-18(7-11-25-19(27)21(23-20(25)28)8-1-2-9-21)24(15-17-6-4-12-29-17)14-16-5-3-10-22-13-16/h3,5,10,13,17H,1-2,4,6-9,11-12,14-15H2,(H,23,28). The molecule has 1 aromatic heterocycles. The summed E-state index contributed by atoms with van der Waals surface area (Å²) in [7, 11) is 0. The molecule has 0 radical (unpaired) electrons. The highest BCUT2D eigenvalue weighted by Gasteiger charge is 2.52. The third-order valence-corrected chi connectivity index (χ3v) is 6.15. The number of imide groups is 1. The van der Waals surface area contributed by atoms with Crippen molar-refractivity contribution in [2.75, 3.05) is 19.7 Å². The minimum atomic E-state index is -0.729. The van der Waals surface area contributed by atoms with Gasteiger partial charge in [-0.25, -0.2) is 4.79 Å². The molecule has 156 valence electrons. The van der Waals surface area contributed by atoms with Crippen LogP contribution >= 0.6 is 0 Å². The van der Waals surface area contributed by atoms with Crippen LogP contribution in [-0.4, -0.2) is 64.0 Å². The third kappa shape index (κ3) is 4.27. The van der Waals surface area contributed by atoms with Gasteiger partial charge in [0.05, 0.1) is 6.10 Å². The van der Waals surface area contributed by atoms with Gasteiger partial charge in [-0.05, 0) is 37.3 Å². The van der Waals surface area contributed by atoms with Gasteiger partial charge in [0.25, 0.3) is 5.91 Å². The van der Waals surface area contributed by atoms with Crippen LogP contribution in [0.15, 0.2) is 24.5 Å². The van der Waals surface area contributed by atoms with Gasteiger partial charge >= 0.3 is 6.03 Å². The van der Waals surface area contributed by atoms with E-state index in [2.05, 4.69) is 10.3 Å². The van der Waals surface area contributed by atoms with Crippen molar-refractivity contribution in [3.05, 3.63) is 30.1 Å². The number of carbonyl (C=O) groups is 3. The smallest absolute Gasteiger partial charge is 0.325 e. The van der Waals surface area contributed by atoms with E-state index in [1.165, 1.54) is 4.90 Å². The van der Waals surface area contributed by atoms with Crippen molar-refractivity contribution in [2.24, 2.45) is 0 Å². The molecule has 3 fully saturated rings. The maximum atomic E-state index is 13.0. The summed E-state index contributed by atoms with van der Waals surface area (Å²) in [4.78, 5) is 45.2. The Morgan fingerprint density at radius 1 is 1.31 bits per heavy atom. The number of hydrogen-bond acceptors (Lipinski definition) is 5. The first-order chi connectivity index (χ1) is 14.1. The summed E-state index contributed by atoms with van der Waals surface area (Å²) in [6, 6.07) is 3.41. The van der Waals surface area contributed by atoms with E-state index in [1.54, 1.807) is 17.3 Å². The lowest BCUT2D eigenvalue weighted by atomic mass is 9.98. The van der Waals surface area contributed by atoms with Crippen molar-refractivity contribution >= 4 is 17.8 Å². The molecule has 29 heavy (non-hydrogen) atoms. The molecular weight excluding hydrogens is 372 g/mol. The maximum absolute atomic E-state index is 13.0. The minimum absolute atomic E-state index is 0.0362. The molecule has 1 aliphatic carbocycles. The monoisotopic (exact) mass is 400 g/mol. The second-order valence-corrected chi connectivity index (χ2v) is 8.20. The molecule has 0 bridgehead atoms. The topological polar surface area (TPSA) is 91.8 Å². The van der Waals surface area contributed by atoms with Crippen molar-refractivity contribution < 1.29 is 19.1 Å². The van der Waals surface area contributed by atoms with Gasteiger partial charge in [-0.3, -0.25) is 19.5 Å². The van der Waals surface area contributed by atoms with Gasteiger partial charge < -0.3 is 15.0 Å². The molecule has 1 aromatic rings. The molecule has 1 unspecified atom stereocenters. The van der Waals surface area contributed by atoms with Crippen LogP contribution in [0, 0.1) is 0 Å². The minimum Gasteiger partial charge on any atom is -0.376 e. The third-order valence-electron chi connectivity index (χ3n) is 6.15. The summed E-state index contributed by atoms with van der Waals surface area (Å²) in [5.74, 6) is -0.261. The molecule has 0 aromatic carbocycles. The Morgan fingerprint density at radius 2 is 2.14 bits per heavy atom. The van der Waals surface area contributed by atoms with E-state index in [4.69, 9.17) is 4.74 Å². The summed E-state index contributed by atoms with van der Waals surface area (Å²) in [5.41, 5.74) is 0.214. The number of aromatic nitrogens is 1. The summed E-state index contributed by atoms with van der Waals surface area (Å²) in [6.07, 6.45) is 8.80. The highest BCUT2D eigenvalue weighted by molar-refractivity contribution is 6.07. The molecule has 1 N–H and O–H groups in total. The van der Waals surface area contributed by atoms with Gasteiger partial charge in [-0.15, -0.1) is 0 Å². The van der Waals surface area contributed by atoms with Crippen LogP contribution in [0.1, 0.15) is 50.5 Å². The second kappa shape index (κ2) is 8.49.